The van der Waals surface area contributed by atoms with Crippen molar-refractivity contribution >= 4 is 5.82 Å². The van der Waals surface area contributed by atoms with E-state index in [-0.39, 0.29) is 5.56 Å². The number of fused-ring (bicyclic) bond motifs is 1. The molecule has 0 atom stereocenters. The lowest BCUT2D eigenvalue weighted by molar-refractivity contribution is 0.556. The van der Waals surface area contributed by atoms with E-state index < -0.39 is 0 Å². The summed E-state index contributed by atoms with van der Waals surface area (Å²) in [6, 6.07) is 0. The number of aromatic amines is 1. The van der Waals surface area contributed by atoms with Gasteiger partial charge in [0.25, 0.3) is 5.56 Å². The fraction of sp³-hybridized carbons (Fsp3) is 0.714. The molecule has 2 N–H and O–H groups in total. The second kappa shape index (κ2) is 5.12. The first-order valence-corrected chi connectivity index (χ1v) is 7.21. The van der Waals surface area contributed by atoms with Crippen LogP contribution in [0.4, 0.5) is 5.82 Å². The summed E-state index contributed by atoms with van der Waals surface area (Å²) in [7, 11) is 0. The average molecular weight is 247 g/mol. The molecule has 98 valence electrons. The Labute approximate surface area is 107 Å². The van der Waals surface area contributed by atoms with Crippen molar-refractivity contribution in [2.24, 2.45) is 0 Å². The van der Waals surface area contributed by atoms with Gasteiger partial charge in [-0.25, -0.2) is 4.98 Å². The Morgan fingerprint density at radius 2 is 1.83 bits per heavy atom. The van der Waals surface area contributed by atoms with Gasteiger partial charge in [0, 0.05) is 12.5 Å². The van der Waals surface area contributed by atoms with Crippen molar-refractivity contribution in [1.29, 1.82) is 0 Å². The zero-order valence-electron chi connectivity index (χ0n) is 10.8. The molecule has 4 nitrogen and oxygen atoms in total. The zero-order chi connectivity index (χ0) is 12.4. The SMILES string of the molecule is O=c1[nH]c(C2CCCCCC2)nc2c1CCCN2. The van der Waals surface area contributed by atoms with Crippen LogP contribution < -0.4 is 10.9 Å². The van der Waals surface area contributed by atoms with E-state index in [1.54, 1.807) is 0 Å². The fourth-order valence-electron chi connectivity index (χ4n) is 3.11. The van der Waals surface area contributed by atoms with Gasteiger partial charge < -0.3 is 10.3 Å². The first-order chi connectivity index (χ1) is 8.84. The highest BCUT2D eigenvalue weighted by molar-refractivity contribution is 5.45. The highest BCUT2D eigenvalue weighted by Gasteiger charge is 2.20. The molecule has 1 aromatic rings. The van der Waals surface area contributed by atoms with Crippen molar-refractivity contribution in [2.75, 3.05) is 11.9 Å². The third kappa shape index (κ3) is 2.28. The maximum absolute atomic E-state index is 12.1. The Hall–Kier alpha value is -1.32. The van der Waals surface area contributed by atoms with E-state index in [4.69, 9.17) is 0 Å². The van der Waals surface area contributed by atoms with Gasteiger partial charge >= 0.3 is 0 Å². The predicted molar refractivity (Wildman–Crippen MR) is 72.1 cm³/mol. The largest absolute Gasteiger partial charge is 0.370 e. The molecule has 18 heavy (non-hydrogen) atoms. The van der Waals surface area contributed by atoms with Crippen molar-refractivity contribution in [3.8, 4) is 0 Å². The van der Waals surface area contributed by atoms with Gasteiger partial charge in [-0.2, -0.15) is 0 Å². The third-order valence-electron chi connectivity index (χ3n) is 4.17. The molecule has 0 saturated heterocycles. The Morgan fingerprint density at radius 3 is 2.61 bits per heavy atom. The van der Waals surface area contributed by atoms with Crippen molar-refractivity contribution in [3.63, 3.8) is 0 Å². The molecule has 1 saturated carbocycles. The first-order valence-electron chi connectivity index (χ1n) is 7.21. The zero-order valence-corrected chi connectivity index (χ0v) is 10.8. The number of hydrogen-bond acceptors (Lipinski definition) is 3. The summed E-state index contributed by atoms with van der Waals surface area (Å²) in [6.45, 7) is 0.938. The number of rotatable bonds is 1. The molecule has 2 aliphatic rings. The van der Waals surface area contributed by atoms with Crippen LogP contribution in [0.15, 0.2) is 4.79 Å². The van der Waals surface area contributed by atoms with Crippen molar-refractivity contribution < 1.29 is 0 Å². The second-order valence-electron chi connectivity index (χ2n) is 5.50. The predicted octanol–water partition coefficient (Wildman–Crippen LogP) is 2.57. The number of anilines is 1. The summed E-state index contributed by atoms with van der Waals surface area (Å²) in [5, 5.41) is 3.27. The molecule has 0 amide bonds. The molecule has 0 bridgehead atoms. The van der Waals surface area contributed by atoms with E-state index in [0.29, 0.717) is 5.92 Å². The Morgan fingerprint density at radius 1 is 1.06 bits per heavy atom. The minimum atomic E-state index is 0.0754. The molecular formula is C14H21N3O. The molecule has 0 spiro atoms. The summed E-state index contributed by atoms with van der Waals surface area (Å²) in [6.07, 6.45) is 9.39. The summed E-state index contributed by atoms with van der Waals surface area (Å²) in [4.78, 5) is 19.8. The quantitative estimate of drug-likeness (QED) is 0.750. The Balaban J connectivity index is 1.92. The van der Waals surface area contributed by atoms with Gasteiger partial charge in [0.15, 0.2) is 0 Å². The monoisotopic (exact) mass is 247 g/mol. The van der Waals surface area contributed by atoms with Gasteiger partial charge in [0.05, 0.1) is 5.56 Å². The molecule has 1 fully saturated rings. The maximum Gasteiger partial charge on any atom is 0.256 e. The maximum atomic E-state index is 12.1. The second-order valence-corrected chi connectivity index (χ2v) is 5.50. The van der Waals surface area contributed by atoms with E-state index in [9.17, 15) is 4.79 Å². The van der Waals surface area contributed by atoms with Crippen LogP contribution in [0, 0.1) is 0 Å². The minimum absolute atomic E-state index is 0.0754. The summed E-state index contributed by atoms with van der Waals surface area (Å²) in [5.41, 5.74) is 0.921. The Kier molecular flexibility index (Phi) is 3.35. The summed E-state index contributed by atoms with van der Waals surface area (Å²) < 4.78 is 0. The van der Waals surface area contributed by atoms with Crippen molar-refractivity contribution in [3.05, 3.63) is 21.7 Å². The minimum Gasteiger partial charge on any atom is -0.370 e. The van der Waals surface area contributed by atoms with E-state index in [0.717, 1.165) is 36.6 Å². The number of nitrogens with zero attached hydrogens (tertiary/aromatic N) is 1. The molecule has 3 rings (SSSR count). The van der Waals surface area contributed by atoms with E-state index in [2.05, 4.69) is 15.3 Å². The molecule has 0 aromatic carbocycles. The van der Waals surface area contributed by atoms with Crippen LogP contribution in [0.5, 0.6) is 0 Å². The molecule has 0 radical (unpaired) electrons. The standard InChI is InChI=1S/C14H21N3O/c18-14-11-8-5-9-15-13(11)16-12(17-14)10-6-3-1-2-4-7-10/h10H,1-9H2,(H2,15,16,17,18). The lowest BCUT2D eigenvalue weighted by Crippen LogP contribution is -2.26. The summed E-state index contributed by atoms with van der Waals surface area (Å²) >= 11 is 0. The average Bonchev–Trinajstić information content (AvgIpc) is 2.67. The molecule has 1 aliphatic carbocycles. The third-order valence-corrected chi connectivity index (χ3v) is 4.17. The van der Waals surface area contributed by atoms with Crippen LogP contribution in [0.2, 0.25) is 0 Å². The van der Waals surface area contributed by atoms with Gasteiger partial charge in [0.1, 0.15) is 11.6 Å². The van der Waals surface area contributed by atoms with Gasteiger partial charge in [-0.15, -0.1) is 0 Å². The van der Waals surface area contributed by atoms with Crippen LogP contribution in [0.3, 0.4) is 0 Å². The van der Waals surface area contributed by atoms with Gasteiger partial charge in [0.2, 0.25) is 0 Å². The normalized spacial score (nSPS) is 20.9. The molecular weight excluding hydrogens is 226 g/mol. The molecule has 0 unspecified atom stereocenters. The van der Waals surface area contributed by atoms with Crippen LogP contribution >= 0.6 is 0 Å². The van der Waals surface area contributed by atoms with E-state index in [1.807, 2.05) is 0 Å². The number of H-pyrrole nitrogens is 1. The van der Waals surface area contributed by atoms with Crippen LogP contribution in [-0.2, 0) is 6.42 Å². The molecule has 1 aromatic heterocycles. The first kappa shape index (κ1) is 11.8. The molecule has 4 heteroatoms. The van der Waals surface area contributed by atoms with Crippen molar-refractivity contribution in [2.45, 2.75) is 57.3 Å². The van der Waals surface area contributed by atoms with Gasteiger partial charge in [-0.3, -0.25) is 4.79 Å². The Bertz CT molecular complexity index is 472. The lowest BCUT2D eigenvalue weighted by atomic mass is 9.99. The number of aromatic nitrogens is 2. The fourth-order valence-corrected chi connectivity index (χ4v) is 3.11. The van der Waals surface area contributed by atoms with Gasteiger partial charge in [-0.1, -0.05) is 25.7 Å². The lowest BCUT2D eigenvalue weighted by Gasteiger charge is -2.19. The van der Waals surface area contributed by atoms with E-state index in [1.165, 1.54) is 38.5 Å². The highest BCUT2D eigenvalue weighted by Crippen LogP contribution is 2.30. The summed E-state index contributed by atoms with van der Waals surface area (Å²) in [5.74, 6) is 2.20. The van der Waals surface area contributed by atoms with Crippen LogP contribution in [-0.4, -0.2) is 16.5 Å². The van der Waals surface area contributed by atoms with Crippen molar-refractivity contribution in [1.82, 2.24) is 9.97 Å². The van der Waals surface area contributed by atoms with E-state index >= 15 is 0 Å². The molecule has 2 heterocycles. The van der Waals surface area contributed by atoms with Crippen LogP contribution in [0.25, 0.3) is 0 Å². The highest BCUT2D eigenvalue weighted by atomic mass is 16.1. The number of nitrogens with one attached hydrogen (secondary N) is 2. The smallest absolute Gasteiger partial charge is 0.256 e. The van der Waals surface area contributed by atoms with Gasteiger partial charge in [-0.05, 0) is 25.7 Å². The molecule has 1 aliphatic heterocycles. The topological polar surface area (TPSA) is 57.8 Å². The number of hydrogen-bond donors (Lipinski definition) is 2. The van der Waals surface area contributed by atoms with Crippen LogP contribution in [0.1, 0.15) is 62.3 Å².